The fourth-order valence-corrected chi connectivity index (χ4v) is 3.99. The number of hydrogen-bond acceptors (Lipinski definition) is 2. The van der Waals surface area contributed by atoms with E-state index in [0.29, 0.717) is 6.42 Å². The Hall–Kier alpha value is -0.730. The lowest BCUT2D eigenvalue weighted by atomic mass is 10.1. The largest absolute Gasteiger partial charge is 0.320 e. The van der Waals surface area contributed by atoms with Gasteiger partial charge in [-0.15, -0.1) is 0 Å². The van der Waals surface area contributed by atoms with Crippen LogP contribution in [0, 0.1) is 0 Å². The van der Waals surface area contributed by atoms with Crippen LogP contribution in [-0.2, 0) is 15.7 Å². The molecule has 0 heterocycles. The molecule has 0 aliphatic heterocycles. The standard InChI is InChI=1S/C17H27F2O2P/c1-3-4-5-6-8-11-15(2)22(20,17(18)19)21-14-16-12-9-7-10-13-16/h7,9-10,12-13,15,17H,3-6,8,11,14H2,1-2H3. The molecule has 126 valence electrons. The molecule has 0 radical (unpaired) electrons. The van der Waals surface area contributed by atoms with Crippen molar-refractivity contribution in [1.29, 1.82) is 0 Å². The summed E-state index contributed by atoms with van der Waals surface area (Å²) in [6, 6.07) is 9.03. The topological polar surface area (TPSA) is 26.3 Å². The van der Waals surface area contributed by atoms with Gasteiger partial charge in [0.1, 0.15) is 0 Å². The Morgan fingerprint density at radius 2 is 1.73 bits per heavy atom. The fraction of sp³-hybridized carbons (Fsp3) is 0.647. The molecule has 2 atom stereocenters. The molecule has 2 nitrogen and oxygen atoms in total. The van der Waals surface area contributed by atoms with Gasteiger partial charge in [0.2, 0.25) is 0 Å². The number of unbranched alkanes of at least 4 members (excludes halogenated alkanes) is 4. The van der Waals surface area contributed by atoms with Gasteiger partial charge >= 0.3 is 6.17 Å². The second-order valence-electron chi connectivity index (χ2n) is 5.73. The zero-order valence-corrected chi connectivity index (χ0v) is 14.4. The predicted molar refractivity (Wildman–Crippen MR) is 87.7 cm³/mol. The maximum Gasteiger partial charge on any atom is 0.312 e. The van der Waals surface area contributed by atoms with Gasteiger partial charge in [-0.1, -0.05) is 76.3 Å². The zero-order valence-electron chi connectivity index (χ0n) is 13.5. The third kappa shape index (κ3) is 6.18. The summed E-state index contributed by atoms with van der Waals surface area (Å²) < 4.78 is 44.3. The van der Waals surface area contributed by atoms with Crippen molar-refractivity contribution in [1.82, 2.24) is 0 Å². The SMILES string of the molecule is CCCCCCCC(C)P(=O)(OCc1ccccc1)C(F)F. The second-order valence-corrected chi connectivity index (χ2v) is 8.55. The highest BCUT2D eigenvalue weighted by Crippen LogP contribution is 2.59. The average molecular weight is 332 g/mol. The lowest BCUT2D eigenvalue weighted by Gasteiger charge is -2.24. The van der Waals surface area contributed by atoms with Crippen LogP contribution in [0.5, 0.6) is 0 Å². The van der Waals surface area contributed by atoms with Gasteiger partial charge in [0, 0.05) is 5.66 Å². The molecule has 1 aromatic rings. The number of hydrogen-bond donors (Lipinski definition) is 0. The van der Waals surface area contributed by atoms with Crippen LogP contribution in [-0.4, -0.2) is 11.8 Å². The van der Waals surface area contributed by atoms with E-state index >= 15 is 0 Å². The molecule has 0 N–H and O–H groups in total. The van der Waals surface area contributed by atoms with Crippen molar-refractivity contribution in [2.24, 2.45) is 0 Å². The molecule has 5 heteroatoms. The van der Waals surface area contributed by atoms with Crippen molar-refractivity contribution in [3.05, 3.63) is 35.9 Å². The van der Waals surface area contributed by atoms with Crippen molar-refractivity contribution in [3.63, 3.8) is 0 Å². The fourth-order valence-electron chi connectivity index (χ4n) is 2.35. The number of halogens is 2. The first-order valence-electron chi connectivity index (χ1n) is 8.06. The summed E-state index contributed by atoms with van der Waals surface area (Å²) in [5.41, 5.74) is 0.163. The second kappa shape index (κ2) is 10.1. The Kier molecular flexibility index (Phi) is 8.89. The molecule has 0 saturated carbocycles. The summed E-state index contributed by atoms with van der Waals surface area (Å²) in [7, 11) is -3.94. The van der Waals surface area contributed by atoms with E-state index in [1.165, 1.54) is 0 Å². The van der Waals surface area contributed by atoms with Gasteiger partial charge in [-0.2, -0.15) is 8.78 Å². The molecule has 1 aromatic carbocycles. The van der Waals surface area contributed by atoms with Crippen LogP contribution >= 0.6 is 7.37 Å². The Labute approximate surface area is 132 Å². The summed E-state index contributed by atoms with van der Waals surface area (Å²) in [6.45, 7) is 3.73. The highest BCUT2D eigenvalue weighted by Gasteiger charge is 2.40. The highest BCUT2D eigenvalue weighted by molar-refractivity contribution is 7.60. The van der Waals surface area contributed by atoms with E-state index in [-0.39, 0.29) is 6.61 Å². The molecule has 0 amide bonds. The minimum Gasteiger partial charge on any atom is -0.320 e. The molecule has 0 aliphatic rings. The van der Waals surface area contributed by atoms with Crippen molar-refractivity contribution in [2.75, 3.05) is 0 Å². The van der Waals surface area contributed by atoms with Crippen LogP contribution in [0.25, 0.3) is 0 Å². The molecule has 0 aromatic heterocycles. The van der Waals surface area contributed by atoms with Gasteiger partial charge in [-0.25, -0.2) is 0 Å². The van der Waals surface area contributed by atoms with Crippen LogP contribution in [0.1, 0.15) is 57.9 Å². The minimum atomic E-state index is -3.94. The van der Waals surface area contributed by atoms with E-state index < -0.39 is 19.2 Å². The lowest BCUT2D eigenvalue weighted by Crippen LogP contribution is -2.13. The van der Waals surface area contributed by atoms with E-state index in [9.17, 15) is 13.3 Å². The quantitative estimate of drug-likeness (QED) is 0.344. The van der Waals surface area contributed by atoms with Gasteiger partial charge in [-0.3, -0.25) is 4.57 Å². The number of alkyl halides is 2. The van der Waals surface area contributed by atoms with Gasteiger partial charge in [-0.05, 0) is 12.0 Å². The van der Waals surface area contributed by atoms with Gasteiger partial charge < -0.3 is 4.52 Å². The summed E-state index contributed by atoms with van der Waals surface area (Å²) in [6.07, 6.45) is 2.85. The molecule has 0 saturated heterocycles. The number of rotatable bonds is 11. The third-order valence-electron chi connectivity index (χ3n) is 3.89. The average Bonchev–Trinajstić information content (AvgIpc) is 2.53. The first-order valence-corrected chi connectivity index (χ1v) is 9.83. The minimum absolute atomic E-state index is 0.0252. The highest BCUT2D eigenvalue weighted by atomic mass is 31.2. The Morgan fingerprint density at radius 1 is 1.09 bits per heavy atom. The smallest absolute Gasteiger partial charge is 0.312 e. The Balaban J connectivity index is 2.52. The molecule has 1 rings (SSSR count). The van der Waals surface area contributed by atoms with Crippen molar-refractivity contribution < 1.29 is 17.9 Å². The molecular formula is C17H27F2O2P. The van der Waals surface area contributed by atoms with E-state index in [2.05, 4.69) is 6.92 Å². The molecule has 22 heavy (non-hydrogen) atoms. The Morgan fingerprint density at radius 3 is 2.32 bits per heavy atom. The van der Waals surface area contributed by atoms with Crippen molar-refractivity contribution >= 4 is 7.37 Å². The van der Waals surface area contributed by atoms with Crippen molar-refractivity contribution in [3.8, 4) is 0 Å². The zero-order chi connectivity index (χ0) is 16.4. The first-order chi connectivity index (χ1) is 10.5. The summed E-state index contributed by atoms with van der Waals surface area (Å²) in [5.74, 6) is 0. The van der Waals surface area contributed by atoms with Gasteiger partial charge in [0.15, 0.2) is 0 Å². The maximum absolute atomic E-state index is 13.3. The van der Waals surface area contributed by atoms with Crippen LogP contribution in [0.4, 0.5) is 8.78 Å². The summed E-state index contributed by atoms with van der Waals surface area (Å²) >= 11 is 0. The van der Waals surface area contributed by atoms with Crippen LogP contribution in [0.2, 0.25) is 0 Å². The Bertz CT molecular complexity index is 451. The van der Waals surface area contributed by atoms with Crippen LogP contribution in [0.3, 0.4) is 0 Å². The summed E-state index contributed by atoms with van der Waals surface area (Å²) in [5, 5.41) is 0. The normalized spacial score (nSPS) is 15.7. The van der Waals surface area contributed by atoms with Crippen LogP contribution in [0.15, 0.2) is 30.3 Å². The van der Waals surface area contributed by atoms with E-state index in [4.69, 9.17) is 4.52 Å². The van der Waals surface area contributed by atoms with E-state index in [0.717, 1.165) is 37.7 Å². The van der Waals surface area contributed by atoms with E-state index in [1.54, 1.807) is 19.1 Å². The maximum atomic E-state index is 13.3. The molecular weight excluding hydrogens is 305 g/mol. The van der Waals surface area contributed by atoms with Gasteiger partial charge in [0.05, 0.1) is 6.61 Å². The predicted octanol–water partition coefficient (Wildman–Crippen LogP) is 6.45. The summed E-state index contributed by atoms with van der Waals surface area (Å²) in [4.78, 5) is 0. The number of benzene rings is 1. The monoisotopic (exact) mass is 332 g/mol. The first kappa shape index (κ1) is 19.3. The lowest BCUT2D eigenvalue weighted by molar-refractivity contribution is 0.182. The van der Waals surface area contributed by atoms with Crippen molar-refractivity contribution in [2.45, 2.75) is 70.8 Å². The van der Waals surface area contributed by atoms with Crippen LogP contribution < -0.4 is 0 Å². The molecule has 0 bridgehead atoms. The van der Waals surface area contributed by atoms with Gasteiger partial charge in [0.25, 0.3) is 7.37 Å². The van der Waals surface area contributed by atoms with E-state index in [1.807, 2.05) is 18.2 Å². The molecule has 0 spiro atoms. The molecule has 2 unspecified atom stereocenters. The third-order valence-corrected chi connectivity index (χ3v) is 6.45. The molecule has 0 aliphatic carbocycles. The molecule has 0 fully saturated rings.